The number of aliphatic hydroxyl groups excluding tert-OH is 4. The van der Waals surface area contributed by atoms with Crippen LogP contribution in [0.4, 0.5) is 0 Å². The topological polar surface area (TPSA) is 135 Å². The van der Waals surface area contributed by atoms with Crippen molar-refractivity contribution >= 4 is 5.97 Å². The van der Waals surface area contributed by atoms with E-state index in [0.717, 1.165) is 44.9 Å². The molecule has 0 saturated carbocycles. The maximum Gasteiger partial charge on any atom is 0.306 e. The third-order valence-corrected chi connectivity index (χ3v) is 9.62. The van der Waals surface area contributed by atoms with Crippen LogP contribution in [0.5, 0.6) is 0 Å². The molecular weight excluding hydrogens is 648 g/mol. The zero-order valence-electron chi connectivity index (χ0n) is 32.6. The normalized spacial score (nSPS) is 21.6. The first kappa shape index (κ1) is 47.7. The molecule has 6 atom stereocenters. The average Bonchev–Trinajstić information content (AvgIpc) is 3.13. The summed E-state index contributed by atoms with van der Waals surface area (Å²) in [6, 6.07) is 0. The molecule has 0 radical (unpaired) electrons. The second kappa shape index (κ2) is 34.4. The standard InChI is InChI=1S/C42H78O9/c1-3-5-7-9-11-13-15-16-17-18-19-20-21-22-23-25-27-29-31-38(44)50-36(34-48-32-30-28-26-24-14-12-10-8-6-4-2)35-49-42-41(47)40(46)39(45)37(33-43)51-42/h13,15,17-18,36-37,39-43,45-47H,3-12,14,16,19-35H2,1-2H3/b15-13-,18-17-. The molecule has 0 spiro atoms. The molecule has 0 bridgehead atoms. The molecule has 0 aromatic heterocycles. The zero-order chi connectivity index (χ0) is 37.2. The fourth-order valence-corrected chi connectivity index (χ4v) is 6.29. The van der Waals surface area contributed by atoms with Gasteiger partial charge in [0, 0.05) is 13.0 Å². The number of ether oxygens (including phenoxy) is 4. The summed E-state index contributed by atoms with van der Waals surface area (Å²) in [6.07, 6.45) is 30.6. The highest BCUT2D eigenvalue weighted by Crippen LogP contribution is 2.22. The molecule has 1 fully saturated rings. The summed E-state index contributed by atoms with van der Waals surface area (Å²) in [5.41, 5.74) is 0. The van der Waals surface area contributed by atoms with E-state index in [4.69, 9.17) is 18.9 Å². The highest BCUT2D eigenvalue weighted by Gasteiger charge is 2.44. The predicted octanol–water partition coefficient (Wildman–Crippen LogP) is 8.64. The first-order valence-electron chi connectivity index (χ1n) is 20.9. The number of esters is 1. The van der Waals surface area contributed by atoms with E-state index in [1.807, 2.05) is 0 Å². The summed E-state index contributed by atoms with van der Waals surface area (Å²) in [4.78, 5) is 12.7. The van der Waals surface area contributed by atoms with Crippen LogP contribution >= 0.6 is 0 Å². The summed E-state index contributed by atoms with van der Waals surface area (Å²) in [7, 11) is 0. The first-order chi connectivity index (χ1) is 24.9. The Balaban J connectivity index is 2.28. The van der Waals surface area contributed by atoms with Gasteiger partial charge in [-0.15, -0.1) is 0 Å². The molecule has 1 rings (SSSR count). The van der Waals surface area contributed by atoms with E-state index in [2.05, 4.69) is 38.2 Å². The summed E-state index contributed by atoms with van der Waals surface area (Å²) in [5.74, 6) is -0.321. The van der Waals surface area contributed by atoms with Gasteiger partial charge in [0.15, 0.2) is 6.29 Å². The summed E-state index contributed by atoms with van der Waals surface area (Å²) < 4.78 is 22.7. The van der Waals surface area contributed by atoms with Crippen molar-refractivity contribution in [2.75, 3.05) is 26.4 Å². The van der Waals surface area contributed by atoms with Crippen molar-refractivity contribution in [1.82, 2.24) is 0 Å². The van der Waals surface area contributed by atoms with E-state index in [0.29, 0.717) is 13.0 Å². The number of carbonyl (C=O) groups excluding carboxylic acids is 1. The Labute approximate surface area is 311 Å². The first-order valence-corrected chi connectivity index (χ1v) is 20.9. The van der Waals surface area contributed by atoms with E-state index in [-0.39, 0.29) is 19.2 Å². The average molecular weight is 727 g/mol. The van der Waals surface area contributed by atoms with Crippen molar-refractivity contribution < 1.29 is 44.2 Å². The Kier molecular flexibility index (Phi) is 32.2. The van der Waals surface area contributed by atoms with Gasteiger partial charge in [0.1, 0.15) is 30.5 Å². The number of unbranched alkanes of at least 4 members (excludes halogenated alkanes) is 20. The van der Waals surface area contributed by atoms with Crippen LogP contribution in [0.2, 0.25) is 0 Å². The highest BCUT2D eigenvalue weighted by atomic mass is 16.7. The molecule has 1 aliphatic rings. The van der Waals surface area contributed by atoms with Crippen LogP contribution in [-0.2, 0) is 23.7 Å². The SMILES string of the molecule is CCCCCC/C=C\C/C=C\CCCCCCCCCC(=O)OC(COCCCCCCCCCCCC)COC1OC(CO)C(O)C(O)C1O. The number of hydrogen-bond donors (Lipinski definition) is 4. The Morgan fingerprint density at radius 3 is 1.71 bits per heavy atom. The minimum Gasteiger partial charge on any atom is -0.457 e. The van der Waals surface area contributed by atoms with Gasteiger partial charge in [-0.2, -0.15) is 0 Å². The molecule has 9 nitrogen and oxygen atoms in total. The van der Waals surface area contributed by atoms with Crippen molar-refractivity contribution in [1.29, 1.82) is 0 Å². The van der Waals surface area contributed by atoms with Gasteiger partial charge in [0.2, 0.25) is 0 Å². The molecule has 1 heterocycles. The van der Waals surface area contributed by atoms with Crippen LogP contribution in [0.25, 0.3) is 0 Å². The van der Waals surface area contributed by atoms with Gasteiger partial charge in [-0.1, -0.05) is 147 Å². The minimum absolute atomic E-state index is 0.114. The van der Waals surface area contributed by atoms with Crippen molar-refractivity contribution in [3.05, 3.63) is 24.3 Å². The maximum atomic E-state index is 12.7. The van der Waals surface area contributed by atoms with Gasteiger partial charge in [0.25, 0.3) is 0 Å². The molecule has 9 heteroatoms. The molecule has 6 unspecified atom stereocenters. The summed E-state index contributed by atoms with van der Waals surface area (Å²) in [5, 5.41) is 40.0. The number of rotatable bonds is 35. The zero-order valence-corrected chi connectivity index (χ0v) is 32.6. The second-order valence-corrected chi connectivity index (χ2v) is 14.4. The van der Waals surface area contributed by atoms with Crippen LogP contribution < -0.4 is 0 Å². The quantitative estimate of drug-likeness (QED) is 0.0288. The van der Waals surface area contributed by atoms with E-state index in [9.17, 15) is 25.2 Å². The minimum atomic E-state index is -1.53. The molecule has 0 aromatic rings. The predicted molar refractivity (Wildman–Crippen MR) is 205 cm³/mol. The van der Waals surface area contributed by atoms with Crippen LogP contribution in [0, 0.1) is 0 Å². The lowest BCUT2D eigenvalue weighted by Gasteiger charge is -2.39. The Hall–Kier alpha value is -1.33. The van der Waals surface area contributed by atoms with Crippen LogP contribution in [0.3, 0.4) is 0 Å². The Morgan fingerprint density at radius 1 is 0.627 bits per heavy atom. The Bertz CT molecular complexity index is 833. The molecular formula is C42H78O9. The maximum absolute atomic E-state index is 12.7. The molecule has 1 aliphatic heterocycles. The van der Waals surface area contributed by atoms with Crippen molar-refractivity contribution in [3.63, 3.8) is 0 Å². The summed E-state index contributed by atoms with van der Waals surface area (Å²) in [6.45, 7) is 4.53. The van der Waals surface area contributed by atoms with E-state index in [1.165, 1.54) is 109 Å². The number of carbonyl (C=O) groups is 1. The fraction of sp³-hybridized carbons (Fsp3) is 0.881. The Morgan fingerprint density at radius 2 is 1.14 bits per heavy atom. The largest absolute Gasteiger partial charge is 0.457 e. The van der Waals surface area contributed by atoms with Gasteiger partial charge in [-0.3, -0.25) is 4.79 Å². The number of hydrogen-bond acceptors (Lipinski definition) is 9. The smallest absolute Gasteiger partial charge is 0.306 e. The fourth-order valence-electron chi connectivity index (χ4n) is 6.29. The number of allylic oxidation sites excluding steroid dienone is 4. The third-order valence-electron chi connectivity index (χ3n) is 9.62. The van der Waals surface area contributed by atoms with Crippen molar-refractivity contribution in [2.45, 2.75) is 211 Å². The van der Waals surface area contributed by atoms with Crippen LogP contribution in [-0.4, -0.2) is 89.6 Å². The lowest BCUT2D eigenvalue weighted by atomic mass is 9.99. The molecule has 1 saturated heterocycles. The van der Waals surface area contributed by atoms with E-state index in [1.54, 1.807) is 0 Å². The molecule has 0 amide bonds. The second-order valence-electron chi connectivity index (χ2n) is 14.4. The lowest BCUT2D eigenvalue weighted by Crippen LogP contribution is -2.59. The lowest BCUT2D eigenvalue weighted by molar-refractivity contribution is -0.305. The molecule has 51 heavy (non-hydrogen) atoms. The van der Waals surface area contributed by atoms with Gasteiger partial charge in [-0.25, -0.2) is 0 Å². The molecule has 0 aromatic carbocycles. The van der Waals surface area contributed by atoms with Crippen LogP contribution in [0.15, 0.2) is 24.3 Å². The third kappa shape index (κ3) is 26.1. The molecule has 4 N–H and O–H groups in total. The highest BCUT2D eigenvalue weighted by molar-refractivity contribution is 5.69. The monoisotopic (exact) mass is 727 g/mol. The van der Waals surface area contributed by atoms with Gasteiger partial charge < -0.3 is 39.4 Å². The molecule has 300 valence electrons. The van der Waals surface area contributed by atoms with Crippen LogP contribution in [0.1, 0.15) is 174 Å². The number of aliphatic hydroxyl groups is 4. The van der Waals surface area contributed by atoms with Gasteiger partial charge >= 0.3 is 5.97 Å². The van der Waals surface area contributed by atoms with E-state index < -0.39 is 43.4 Å². The molecule has 0 aliphatic carbocycles. The van der Waals surface area contributed by atoms with Gasteiger partial charge in [-0.05, 0) is 44.9 Å². The van der Waals surface area contributed by atoms with Gasteiger partial charge in [0.05, 0.1) is 19.8 Å². The van der Waals surface area contributed by atoms with Crippen molar-refractivity contribution in [3.8, 4) is 0 Å². The van der Waals surface area contributed by atoms with Crippen molar-refractivity contribution in [2.24, 2.45) is 0 Å². The van der Waals surface area contributed by atoms with E-state index >= 15 is 0 Å². The summed E-state index contributed by atoms with van der Waals surface area (Å²) >= 11 is 0.